The molecule has 132 valence electrons. The number of amides is 1. The minimum Gasteiger partial charge on any atom is -0.298 e. The molecule has 2 heterocycles. The van der Waals surface area contributed by atoms with E-state index in [2.05, 4.69) is 15.3 Å². The summed E-state index contributed by atoms with van der Waals surface area (Å²) in [5.41, 5.74) is 3.35. The van der Waals surface area contributed by atoms with Crippen LogP contribution in [0.4, 0.5) is 5.13 Å². The summed E-state index contributed by atoms with van der Waals surface area (Å²) in [4.78, 5) is 22.1. The highest BCUT2D eigenvalue weighted by Crippen LogP contribution is 2.39. The molecule has 2 aromatic carbocycles. The molecule has 0 aliphatic rings. The van der Waals surface area contributed by atoms with Gasteiger partial charge in [-0.1, -0.05) is 65.4 Å². The second kappa shape index (κ2) is 7.70. The lowest BCUT2D eigenvalue weighted by molar-refractivity contribution is 0.102. The van der Waals surface area contributed by atoms with Crippen LogP contribution in [0, 0.1) is 0 Å². The van der Waals surface area contributed by atoms with Gasteiger partial charge in [0.1, 0.15) is 0 Å². The fraction of sp³-hybridized carbons (Fsp3) is 0. The number of rotatable bonds is 4. The normalized spacial score (nSPS) is 10.6. The van der Waals surface area contributed by atoms with Crippen LogP contribution in [0.1, 0.15) is 10.4 Å². The smallest absolute Gasteiger partial charge is 0.257 e. The number of hydrogen-bond acceptors (Lipinski definition) is 4. The van der Waals surface area contributed by atoms with E-state index in [1.165, 1.54) is 11.3 Å². The van der Waals surface area contributed by atoms with Crippen LogP contribution in [0.2, 0.25) is 5.02 Å². The van der Waals surface area contributed by atoms with Crippen LogP contribution in [-0.2, 0) is 0 Å². The lowest BCUT2D eigenvalue weighted by Gasteiger charge is -2.02. The van der Waals surface area contributed by atoms with Gasteiger partial charge in [0, 0.05) is 28.5 Å². The molecular formula is C21H14ClN3OS. The van der Waals surface area contributed by atoms with Crippen molar-refractivity contribution in [3.63, 3.8) is 0 Å². The van der Waals surface area contributed by atoms with Crippen molar-refractivity contribution in [1.82, 2.24) is 9.97 Å². The van der Waals surface area contributed by atoms with Gasteiger partial charge in [0.05, 0.1) is 10.6 Å². The summed E-state index contributed by atoms with van der Waals surface area (Å²) < 4.78 is 0. The van der Waals surface area contributed by atoms with E-state index >= 15 is 0 Å². The van der Waals surface area contributed by atoms with Crippen molar-refractivity contribution in [3.05, 3.63) is 89.7 Å². The second-order valence-electron chi connectivity index (χ2n) is 5.76. The maximum absolute atomic E-state index is 12.5. The summed E-state index contributed by atoms with van der Waals surface area (Å²) >= 11 is 7.46. The molecule has 0 atom stereocenters. The quantitative estimate of drug-likeness (QED) is 0.480. The van der Waals surface area contributed by atoms with Crippen LogP contribution in [-0.4, -0.2) is 15.9 Å². The van der Waals surface area contributed by atoms with Gasteiger partial charge in [-0.25, -0.2) is 4.98 Å². The number of benzene rings is 2. The van der Waals surface area contributed by atoms with E-state index in [4.69, 9.17) is 11.6 Å². The predicted octanol–water partition coefficient (Wildman–Crippen LogP) is 5.78. The topological polar surface area (TPSA) is 54.9 Å². The molecule has 1 N–H and O–H groups in total. The summed E-state index contributed by atoms with van der Waals surface area (Å²) in [5, 5.41) is 4.10. The molecule has 0 radical (unpaired) electrons. The average Bonchev–Trinajstić information content (AvgIpc) is 3.13. The first-order chi connectivity index (χ1) is 13.2. The number of anilines is 1. The molecule has 0 aliphatic carbocycles. The van der Waals surface area contributed by atoms with E-state index in [0.717, 1.165) is 21.7 Å². The number of pyridine rings is 1. The molecule has 4 rings (SSSR count). The summed E-state index contributed by atoms with van der Waals surface area (Å²) in [6.07, 6.45) is 3.18. The van der Waals surface area contributed by atoms with E-state index in [1.54, 1.807) is 24.5 Å². The number of thiazole rings is 1. The Morgan fingerprint density at radius 3 is 2.30 bits per heavy atom. The highest BCUT2D eigenvalue weighted by atomic mass is 35.5. The zero-order chi connectivity index (χ0) is 18.6. The monoisotopic (exact) mass is 391 g/mol. The van der Waals surface area contributed by atoms with Crippen molar-refractivity contribution in [2.75, 3.05) is 5.32 Å². The van der Waals surface area contributed by atoms with Gasteiger partial charge >= 0.3 is 0 Å². The largest absolute Gasteiger partial charge is 0.298 e. The zero-order valence-electron chi connectivity index (χ0n) is 14.1. The molecule has 1 amide bonds. The van der Waals surface area contributed by atoms with Gasteiger partial charge in [-0.15, -0.1) is 0 Å². The third kappa shape index (κ3) is 3.89. The number of carbonyl (C=O) groups excluding carboxylic acids is 1. The van der Waals surface area contributed by atoms with Crippen molar-refractivity contribution >= 4 is 34.0 Å². The average molecular weight is 392 g/mol. The number of halogens is 1. The molecule has 4 nitrogen and oxygen atoms in total. The Morgan fingerprint density at radius 2 is 1.59 bits per heavy atom. The van der Waals surface area contributed by atoms with Crippen molar-refractivity contribution in [2.24, 2.45) is 0 Å². The van der Waals surface area contributed by atoms with E-state index in [-0.39, 0.29) is 5.91 Å². The van der Waals surface area contributed by atoms with Crippen molar-refractivity contribution in [1.29, 1.82) is 0 Å². The van der Waals surface area contributed by atoms with Gasteiger partial charge in [0.2, 0.25) is 0 Å². The molecule has 0 fully saturated rings. The lowest BCUT2D eigenvalue weighted by Crippen LogP contribution is -2.11. The molecule has 0 spiro atoms. The van der Waals surface area contributed by atoms with Crippen LogP contribution in [0.15, 0.2) is 79.1 Å². The van der Waals surface area contributed by atoms with Crippen LogP contribution in [0.5, 0.6) is 0 Å². The van der Waals surface area contributed by atoms with Gasteiger partial charge < -0.3 is 0 Å². The van der Waals surface area contributed by atoms with E-state index in [1.807, 2.05) is 54.6 Å². The molecule has 0 aliphatic heterocycles. The Balaban J connectivity index is 1.74. The molecule has 0 bridgehead atoms. The summed E-state index contributed by atoms with van der Waals surface area (Å²) in [6.45, 7) is 0. The number of aromatic nitrogens is 2. The van der Waals surface area contributed by atoms with Crippen molar-refractivity contribution < 1.29 is 4.79 Å². The summed E-state index contributed by atoms with van der Waals surface area (Å²) in [6, 6.07) is 20.8. The maximum Gasteiger partial charge on any atom is 0.257 e. The first kappa shape index (κ1) is 17.4. The highest BCUT2D eigenvalue weighted by Gasteiger charge is 2.17. The van der Waals surface area contributed by atoms with Crippen molar-refractivity contribution in [2.45, 2.75) is 0 Å². The fourth-order valence-corrected chi connectivity index (χ4v) is 3.75. The number of carbonyl (C=O) groups is 1. The fourth-order valence-electron chi connectivity index (χ4n) is 2.63. The third-order valence-electron chi connectivity index (χ3n) is 3.94. The van der Waals surface area contributed by atoms with Crippen LogP contribution in [0.3, 0.4) is 0 Å². The minimum atomic E-state index is -0.214. The maximum atomic E-state index is 12.5. The minimum absolute atomic E-state index is 0.214. The SMILES string of the molecule is O=C(Nc1nc(-c2ccccc2)c(-c2ccc(Cl)cc2)s1)c1ccncc1. The Kier molecular flexibility index (Phi) is 4.96. The predicted molar refractivity (Wildman–Crippen MR) is 110 cm³/mol. The summed E-state index contributed by atoms with van der Waals surface area (Å²) in [7, 11) is 0. The van der Waals surface area contributed by atoms with Gasteiger partial charge in [-0.3, -0.25) is 15.1 Å². The zero-order valence-corrected chi connectivity index (χ0v) is 15.7. The van der Waals surface area contributed by atoms with Gasteiger partial charge in [-0.2, -0.15) is 0 Å². The number of nitrogens with one attached hydrogen (secondary N) is 1. The summed E-state index contributed by atoms with van der Waals surface area (Å²) in [5.74, 6) is -0.214. The second-order valence-corrected chi connectivity index (χ2v) is 7.20. The molecule has 0 saturated carbocycles. The van der Waals surface area contributed by atoms with Crippen molar-refractivity contribution in [3.8, 4) is 21.7 Å². The van der Waals surface area contributed by atoms with Gasteiger partial charge in [-0.05, 0) is 29.8 Å². The van der Waals surface area contributed by atoms with E-state index in [9.17, 15) is 4.79 Å². The highest BCUT2D eigenvalue weighted by molar-refractivity contribution is 7.19. The van der Waals surface area contributed by atoms with Crippen LogP contribution < -0.4 is 5.32 Å². The lowest BCUT2D eigenvalue weighted by atomic mass is 10.1. The Bertz CT molecular complexity index is 1060. The first-order valence-electron chi connectivity index (χ1n) is 8.24. The molecule has 2 aromatic heterocycles. The van der Waals surface area contributed by atoms with E-state index < -0.39 is 0 Å². The first-order valence-corrected chi connectivity index (χ1v) is 9.44. The Morgan fingerprint density at radius 1 is 0.889 bits per heavy atom. The van der Waals surface area contributed by atoms with E-state index in [0.29, 0.717) is 15.7 Å². The molecule has 0 saturated heterocycles. The van der Waals surface area contributed by atoms with Crippen LogP contribution >= 0.6 is 22.9 Å². The standard InChI is InChI=1S/C21H14ClN3OS/c22-17-8-6-15(7-9-17)19-18(14-4-2-1-3-5-14)24-21(27-19)25-20(26)16-10-12-23-13-11-16/h1-13H,(H,24,25,26). The molecule has 0 unspecified atom stereocenters. The third-order valence-corrected chi connectivity index (χ3v) is 5.22. The Hall–Kier alpha value is -3.02. The van der Waals surface area contributed by atoms with Gasteiger partial charge in [0.15, 0.2) is 5.13 Å². The molecular weight excluding hydrogens is 378 g/mol. The van der Waals surface area contributed by atoms with Crippen LogP contribution in [0.25, 0.3) is 21.7 Å². The number of hydrogen-bond donors (Lipinski definition) is 1. The number of nitrogens with zero attached hydrogens (tertiary/aromatic N) is 2. The Labute approximate surface area is 165 Å². The van der Waals surface area contributed by atoms with Gasteiger partial charge in [0.25, 0.3) is 5.91 Å². The molecule has 27 heavy (non-hydrogen) atoms. The molecule has 6 heteroatoms. The molecule has 4 aromatic rings.